The van der Waals surface area contributed by atoms with Crippen LogP contribution in [0.5, 0.6) is 11.5 Å². The average Bonchev–Trinajstić information content (AvgIpc) is 2.40. The first-order chi connectivity index (χ1) is 9.88. The molecule has 1 amide bonds. The van der Waals surface area contributed by atoms with E-state index >= 15 is 0 Å². The lowest BCUT2D eigenvalue weighted by Crippen LogP contribution is -2.36. The molecule has 2 unspecified atom stereocenters. The number of hydrogen-bond donors (Lipinski definition) is 2. The molecular formula is C15H23ClN2O3. The number of likely N-dealkylation sites (N-methyl/N-ethyl adjacent to an activating group) is 1. The normalized spacial score (nSPS) is 13.4. The molecule has 0 aliphatic rings. The summed E-state index contributed by atoms with van der Waals surface area (Å²) < 4.78 is 10.9. The molecule has 0 saturated carbocycles. The fourth-order valence-electron chi connectivity index (χ4n) is 1.93. The zero-order valence-corrected chi connectivity index (χ0v) is 13.7. The molecule has 0 radical (unpaired) electrons. The van der Waals surface area contributed by atoms with Gasteiger partial charge in [0.2, 0.25) is 0 Å². The van der Waals surface area contributed by atoms with Gasteiger partial charge in [0.05, 0.1) is 12.1 Å². The number of nitrogens with two attached hydrogens (primary N) is 1. The van der Waals surface area contributed by atoms with Crippen LogP contribution in [0.2, 0.25) is 5.02 Å². The maximum Gasteiger partial charge on any atom is 0.260 e. The zero-order valence-electron chi connectivity index (χ0n) is 12.9. The van der Waals surface area contributed by atoms with Crippen LogP contribution in [0.15, 0.2) is 12.1 Å². The summed E-state index contributed by atoms with van der Waals surface area (Å²) in [5.74, 6) is 0.663. The predicted octanol–water partition coefficient (Wildman–Crippen LogP) is 2.14. The fourth-order valence-corrected chi connectivity index (χ4v) is 2.20. The molecule has 5 nitrogen and oxygen atoms in total. The van der Waals surface area contributed by atoms with Gasteiger partial charge in [-0.05, 0) is 44.9 Å². The van der Waals surface area contributed by atoms with Crippen LogP contribution < -0.4 is 20.5 Å². The van der Waals surface area contributed by atoms with Crippen LogP contribution in [0, 0.1) is 0 Å². The minimum Gasteiger partial charge on any atom is -0.493 e. The first kappa shape index (κ1) is 17.6. The van der Waals surface area contributed by atoms with Gasteiger partial charge in [-0.2, -0.15) is 0 Å². The van der Waals surface area contributed by atoms with E-state index in [2.05, 4.69) is 5.32 Å². The fraction of sp³-hybridized carbons (Fsp3) is 0.533. The quantitative estimate of drug-likeness (QED) is 0.808. The summed E-state index contributed by atoms with van der Waals surface area (Å²) in [6.07, 6.45) is 0.0260. The Hall–Kier alpha value is -1.46. The highest BCUT2D eigenvalue weighted by atomic mass is 35.5. The van der Waals surface area contributed by atoms with E-state index in [0.29, 0.717) is 29.5 Å². The van der Waals surface area contributed by atoms with Gasteiger partial charge in [-0.25, -0.2) is 0 Å². The number of benzene rings is 1. The number of hydrogen-bond acceptors (Lipinski definition) is 4. The van der Waals surface area contributed by atoms with E-state index in [0.717, 1.165) is 5.56 Å². The van der Waals surface area contributed by atoms with Crippen molar-refractivity contribution in [2.45, 2.75) is 39.3 Å². The van der Waals surface area contributed by atoms with Crippen molar-refractivity contribution in [3.8, 4) is 11.5 Å². The predicted molar refractivity (Wildman–Crippen MR) is 84.1 cm³/mol. The maximum atomic E-state index is 11.7. The molecule has 1 aromatic carbocycles. The van der Waals surface area contributed by atoms with Crippen molar-refractivity contribution in [1.82, 2.24) is 5.32 Å². The lowest BCUT2D eigenvalue weighted by Gasteiger charge is -2.18. The Morgan fingerprint density at radius 2 is 2.10 bits per heavy atom. The summed E-state index contributed by atoms with van der Waals surface area (Å²) >= 11 is 6.25. The summed E-state index contributed by atoms with van der Waals surface area (Å²) in [4.78, 5) is 11.7. The Morgan fingerprint density at radius 3 is 2.62 bits per heavy atom. The van der Waals surface area contributed by atoms with Crippen LogP contribution in [-0.2, 0) is 11.2 Å². The summed E-state index contributed by atoms with van der Waals surface area (Å²) in [7, 11) is 1.53. The molecule has 0 spiro atoms. The number of halogens is 1. The molecule has 0 aromatic heterocycles. The molecule has 0 bridgehead atoms. The molecule has 0 saturated heterocycles. The van der Waals surface area contributed by atoms with Gasteiger partial charge in [-0.15, -0.1) is 0 Å². The molecule has 1 rings (SSSR count). The van der Waals surface area contributed by atoms with Gasteiger partial charge in [0.25, 0.3) is 5.91 Å². The summed E-state index contributed by atoms with van der Waals surface area (Å²) in [6.45, 7) is 5.98. The summed E-state index contributed by atoms with van der Waals surface area (Å²) in [5.41, 5.74) is 6.75. The van der Waals surface area contributed by atoms with E-state index in [1.165, 1.54) is 7.11 Å². The van der Waals surface area contributed by atoms with Crippen molar-refractivity contribution in [1.29, 1.82) is 0 Å². The van der Waals surface area contributed by atoms with Crippen molar-refractivity contribution in [2.75, 3.05) is 13.7 Å². The van der Waals surface area contributed by atoms with Crippen molar-refractivity contribution < 1.29 is 14.3 Å². The molecule has 21 heavy (non-hydrogen) atoms. The number of nitrogens with one attached hydrogen (secondary N) is 1. The summed E-state index contributed by atoms with van der Waals surface area (Å²) in [6, 6.07) is 3.63. The minimum absolute atomic E-state index is 0.0202. The van der Waals surface area contributed by atoms with E-state index in [9.17, 15) is 4.79 Å². The van der Waals surface area contributed by atoms with Crippen molar-refractivity contribution in [2.24, 2.45) is 5.73 Å². The molecular weight excluding hydrogens is 292 g/mol. The third kappa shape index (κ3) is 5.10. The highest BCUT2D eigenvalue weighted by Crippen LogP contribution is 2.37. The monoisotopic (exact) mass is 314 g/mol. The molecule has 0 aliphatic heterocycles. The summed E-state index contributed by atoms with van der Waals surface area (Å²) in [5, 5.41) is 3.10. The lowest BCUT2D eigenvalue weighted by atomic mass is 10.1. The second kappa shape index (κ2) is 8.10. The molecule has 0 aliphatic carbocycles. The van der Waals surface area contributed by atoms with Gasteiger partial charge in [0.15, 0.2) is 17.6 Å². The first-order valence-corrected chi connectivity index (χ1v) is 7.33. The molecule has 3 N–H and O–H groups in total. The van der Waals surface area contributed by atoms with Crippen LogP contribution >= 0.6 is 11.6 Å². The zero-order chi connectivity index (χ0) is 16.0. The van der Waals surface area contributed by atoms with Gasteiger partial charge >= 0.3 is 0 Å². The van der Waals surface area contributed by atoms with Gasteiger partial charge in [-0.3, -0.25) is 4.79 Å². The largest absolute Gasteiger partial charge is 0.493 e. The number of amides is 1. The lowest BCUT2D eigenvalue weighted by molar-refractivity contribution is -0.127. The van der Waals surface area contributed by atoms with E-state index in [-0.39, 0.29) is 11.9 Å². The first-order valence-electron chi connectivity index (χ1n) is 6.95. The second-order valence-electron chi connectivity index (χ2n) is 4.95. The van der Waals surface area contributed by atoms with Crippen molar-refractivity contribution >= 4 is 17.5 Å². The Balaban J connectivity index is 2.98. The molecule has 2 atom stereocenters. The van der Waals surface area contributed by atoms with Crippen LogP contribution in [0.25, 0.3) is 0 Å². The third-order valence-electron chi connectivity index (χ3n) is 2.86. The SMILES string of the molecule is CCNC(=O)C(C)Oc1c(Cl)cc(CC(C)N)cc1OC. The van der Waals surface area contributed by atoms with Gasteiger partial charge in [0, 0.05) is 12.6 Å². The van der Waals surface area contributed by atoms with Crippen LogP contribution in [0.1, 0.15) is 26.3 Å². The van der Waals surface area contributed by atoms with Gasteiger partial charge in [-0.1, -0.05) is 11.6 Å². The minimum atomic E-state index is -0.657. The van der Waals surface area contributed by atoms with E-state index in [4.69, 9.17) is 26.8 Å². The number of methoxy groups -OCH3 is 1. The third-order valence-corrected chi connectivity index (χ3v) is 3.14. The average molecular weight is 315 g/mol. The number of carbonyl (C=O) groups is 1. The van der Waals surface area contributed by atoms with Crippen LogP contribution in [0.4, 0.5) is 0 Å². The van der Waals surface area contributed by atoms with Crippen LogP contribution in [-0.4, -0.2) is 31.7 Å². The van der Waals surface area contributed by atoms with E-state index in [1.807, 2.05) is 19.9 Å². The topological polar surface area (TPSA) is 73.6 Å². The Bertz CT molecular complexity index is 492. The van der Waals surface area contributed by atoms with Gasteiger partial charge < -0.3 is 20.5 Å². The van der Waals surface area contributed by atoms with Crippen molar-refractivity contribution in [3.05, 3.63) is 22.7 Å². The number of rotatable bonds is 7. The Labute approximate surface area is 130 Å². The molecule has 1 aromatic rings. The Kier molecular flexibility index (Phi) is 6.78. The van der Waals surface area contributed by atoms with Crippen LogP contribution in [0.3, 0.4) is 0 Å². The molecule has 6 heteroatoms. The van der Waals surface area contributed by atoms with E-state index < -0.39 is 6.10 Å². The maximum absolute atomic E-state index is 11.7. The number of carbonyl (C=O) groups excluding carboxylic acids is 1. The van der Waals surface area contributed by atoms with Gasteiger partial charge in [0.1, 0.15) is 0 Å². The highest BCUT2D eigenvalue weighted by molar-refractivity contribution is 6.32. The molecule has 0 fully saturated rings. The van der Waals surface area contributed by atoms with Crippen molar-refractivity contribution in [3.63, 3.8) is 0 Å². The standard InChI is InChI=1S/C15H23ClN2O3/c1-5-18-15(19)10(3)21-14-12(16)7-11(6-9(2)17)8-13(14)20-4/h7-10H,5-6,17H2,1-4H3,(H,18,19). The molecule has 118 valence electrons. The Morgan fingerprint density at radius 1 is 1.43 bits per heavy atom. The smallest absolute Gasteiger partial charge is 0.260 e. The second-order valence-corrected chi connectivity index (χ2v) is 5.35. The van der Waals surface area contributed by atoms with E-state index in [1.54, 1.807) is 13.0 Å². The molecule has 0 heterocycles. The number of ether oxygens (including phenoxy) is 2. The highest BCUT2D eigenvalue weighted by Gasteiger charge is 2.19.